The van der Waals surface area contributed by atoms with E-state index in [0.717, 1.165) is 4.57 Å². The van der Waals surface area contributed by atoms with Gasteiger partial charge in [-0.1, -0.05) is 17.7 Å². The van der Waals surface area contributed by atoms with Gasteiger partial charge in [-0.25, -0.2) is 9.36 Å². The number of ketones is 1. The van der Waals surface area contributed by atoms with Gasteiger partial charge in [0, 0.05) is 10.4 Å². The molecule has 0 bridgehead atoms. The Morgan fingerprint density at radius 3 is 2.76 bits per heavy atom. The van der Waals surface area contributed by atoms with E-state index < -0.39 is 11.9 Å². The van der Waals surface area contributed by atoms with Gasteiger partial charge in [0.25, 0.3) is 0 Å². The molecule has 7 heteroatoms. The molecule has 0 fully saturated rings. The number of carbonyl (C=O) groups is 2. The van der Waals surface area contributed by atoms with Gasteiger partial charge in [0.05, 0.1) is 16.0 Å². The summed E-state index contributed by atoms with van der Waals surface area (Å²) >= 11 is 7.19. The molecule has 2 heterocycles. The van der Waals surface area contributed by atoms with Crippen molar-refractivity contribution in [2.45, 2.75) is 0 Å². The van der Waals surface area contributed by atoms with E-state index in [1.807, 2.05) is 0 Å². The van der Waals surface area contributed by atoms with Gasteiger partial charge in [0.1, 0.15) is 0 Å². The van der Waals surface area contributed by atoms with Crippen molar-refractivity contribution in [3.8, 4) is 5.88 Å². The van der Waals surface area contributed by atoms with E-state index in [9.17, 15) is 14.7 Å². The number of benzene rings is 1. The fraction of sp³-hybridized carbons (Fsp3) is 0. The quantitative estimate of drug-likeness (QED) is 0.710. The van der Waals surface area contributed by atoms with Crippen molar-refractivity contribution in [2.75, 3.05) is 0 Å². The summed E-state index contributed by atoms with van der Waals surface area (Å²) in [7, 11) is 0. The molecular formula is C14H9ClN2O3S. The van der Waals surface area contributed by atoms with Crippen LogP contribution in [0.1, 0.15) is 15.2 Å². The van der Waals surface area contributed by atoms with Crippen LogP contribution >= 0.6 is 22.9 Å². The van der Waals surface area contributed by atoms with Crippen LogP contribution in [0.4, 0.5) is 4.79 Å². The lowest BCUT2D eigenvalue weighted by Crippen LogP contribution is -2.18. The van der Waals surface area contributed by atoms with E-state index >= 15 is 0 Å². The number of carbonyl (C=O) groups excluding carboxylic acids is 2. The van der Waals surface area contributed by atoms with Crippen molar-refractivity contribution in [2.24, 2.45) is 5.73 Å². The molecule has 0 atom stereocenters. The normalized spacial score (nSPS) is 10.9. The van der Waals surface area contributed by atoms with Gasteiger partial charge in [0.15, 0.2) is 0 Å². The highest BCUT2D eigenvalue weighted by atomic mass is 35.5. The van der Waals surface area contributed by atoms with Crippen molar-refractivity contribution >= 4 is 45.7 Å². The number of thiophene rings is 1. The third kappa shape index (κ3) is 2.09. The third-order valence-corrected chi connectivity index (χ3v) is 4.20. The zero-order valence-electron chi connectivity index (χ0n) is 10.5. The number of nitrogens with two attached hydrogens (primary N) is 1. The largest absolute Gasteiger partial charge is 0.494 e. The van der Waals surface area contributed by atoms with E-state index in [2.05, 4.69) is 0 Å². The van der Waals surface area contributed by atoms with E-state index in [1.165, 1.54) is 23.5 Å². The van der Waals surface area contributed by atoms with Gasteiger partial charge in [-0.15, -0.1) is 11.3 Å². The summed E-state index contributed by atoms with van der Waals surface area (Å²) in [4.78, 5) is 24.5. The van der Waals surface area contributed by atoms with E-state index in [4.69, 9.17) is 17.3 Å². The van der Waals surface area contributed by atoms with Crippen LogP contribution in [0.3, 0.4) is 0 Å². The van der Waals surface area contributed by atoms with Crippen LogP contribution in [0, 0.1) is 0 Å². The maximum atomic E-state index is 12.5. The van der Waals surface area contributed by atoms with Gasteiger partial charge in [0.2, 0.25) is 11.7 Å². The first-order chi connectivity index (χ1) is 10.0. The Labute approximate surface area is 128 Å². The number of amides is 1. The number of halogens is 1. The number of aromatic nitrogens is 1. The summed E-state index contributed by atoms with van der Waals surface area (Å²) in [5.41, 5.74) is 5.63. The molecule has 3 aromatic rings. The Morgan fingerprint density at radius 2 is 2.14 bits per heavy atom. The second kappa shape index (κ2) is 4.91. The molecule has 0 aliphatic rings. The maximum Gasteiger partial charge on any atom is 0.326 e. The predicted molar refractivity (Wildman–Crippen MR) is 81.3 cm³/mol. The summed E-state index contributed by atoms with van der Waals surface area (Å²) in [5.74, 6) is -0.854. The van der Waals surface area contributed by atoms with Gasteiger partial charge in [-0.05, 0) is 29.6 Å². The molecule has 0 unspecified atom stereocenters. The molecule has 106 valence electrons. The SMILES string of the molecule is NC(=O)n1c(O)c([14C](=O)c2cccs2)c2cc(Cl)ccc21. The topological polar surface area (TPSA) is 85.3 Å². The molecule has 3 rings (SSSR count). The predicted octanol–water partition coefficient (Wildman–Crippen LogP) is 3.22. The molecule has 5 nitrogen and oxygen atoms in total. The van der Waals surface area contributed by atoms with Crippen LogP contribution < -0.4 is 5.73 Å². The summed E-state index contributed by atoms with van der Waals surface area (Å²) in [6, 6.07) is 7.12. The fourth-order valence-corrected chi connectivity index (χ4v) is 3.07. The first kappa shape index (κ1) is 13.7. The number of hydrogen-bond donors (Lipinski definition) is 2. The first-order valence-electron chi connectivity index (χ1n) is 5.91. The molecule has 0 aliphatic heterocycles. The second-order valence-corrected chi connectivity index (χ2v) is 5.72. The van der Waals surface area contributed by atoms with Crippen LogP contribution in [-0.4, -0.2) is 21.5 Å². The van der Waals surface area contributed by atoms with E-state index in [-0.39, 0.29) is 11.3 Å². The molecule has 2 aromatic heterocycles. The average molecular weight is 323 g/mol. The number of primary amides is 1. The molecule has 21 heavy (non-hydrogen) atoms. The van der Waals surface area contributed by atoms with Crippen molar-refractivity contribution in [1.29, 1.82) is 0 Å². The maximum absolute atomic E-state index is 12.5. The minimum absolute atomic E-state index is 0.0220. The Kier molecular flexibility index (Phi) is 3.19. The summed E-state index contributed by atoms with van der Waals surface area (Å²) in [6.07, 6.45) is 0. The lowest BCUT2D eigenvalue weighted by Gasteiger charge is -2.00. The molecule has 3 N–H and O–H groups in total. The van der Waals surface area contributed by atoms with Gasteiger partial charge < -0.3 is 10.8 Å². The molecular weight excluding hydrogens is 314 g/mol. The van der Waals surface area contributed by atoms with Crippen LogP contribution in [-0.2, 0) is 0 Å². The van der Waals surface area contributed by atoms with E-state index in [1.54, 1.807) is 23.6 Å². The number of hydrogen-bond acceptors (Lipinski definition) is 4. The van der Waals surface area contributed by atoms with Crippen LogP contribution in [0.15, 0.2) is 35.7 Å². The molecule has 0 radical (unpaired) electrons. The van der Waals surface area contributed by atoms with Gasteiger partial charge in [-0.3, -0.25) is 4.79 Å². The Hall–Kier alpha value is -2.31. The lowest BCUT2D eigenvalue weighted by molar-refractivity contribution is 0.104. The van der Waals surface area contributed by atoms with Crippen LogP contribution in [0.25, 0.3) is 10.9 Å². The number of nitrogens with zero attached hydrogens (tertiary/aromatic N) is 1. The smallest absolute Gasteiger partial charge is 0.326 e. The molecule has 0 saturated carbocycles. The molecule has 0 aliphatic carbocycles. The minimum Gasteiger partial charge on any atom is -0.494 e. The number of rotatable bonds is 2. The molecule has 1 aromatic carbocycles. The molecule has 0 saturated heterocycles. The number of aromatic hydroxyl groups is 1. The van der Waals surface area contributed by atoms with Crippen LogP contribution in [0.2, 0.25) is 5.02 Å². The average Bonchev–Trinajstić information content (AvgIpc) is 3.03. The highest BCUT2D eigenvalue weighted by Crippen LogP contribution is 2.35. The zero-order valence-corrected chi connectivity index (χ0v) is 12.1. The van der Waals surface area contributed by atoms with Crippen molar-refractivity contribution < 1.29 is 14.7 Å². The highest BCUT2D eigenvalue weighted by Gasteiger charge is 2.26. The molecule has 1 amide bonds. The van der Waals surface area contributed by atoms with Crippen molar-refractivity contribution in [3.63, 3.8) is 0 Å². The molecule has 0 spiro atoms. The number of fused-ring (bicyclic) bond motifs is 1. The minimum atomic E-state index is -0.870. The zero-order chi connectivity index (χ0) is 15.1. The Morgan fingerprint density at radius 1 is 1.38 bits per heavy atom. The van der Waals surface area contributed by atoms with E-state index in [0.29, 0.717) is 20.8 Å². The van der Waals surface area contributed by atoms with Gasteiger partial charge in [-0.2, -0.15) is 0 Å². The van der Waals surface area contributed by atoms with Crippen molar-refractivity contribution in [1.82, 2.24) is 4.57 Å². The summed E-state index contributed by atoms with van der Waals surface area (Å²) < 4.78 is 0.895. The Bertz CT molecular complexity index is 868. The lowest BCUT2D eigenvalue weighted by atomic mass is 10.2. The standard InChI is InChI=1S/C14H9ClN2O3S/c15-7-3-4-9-8(6-7)11(13(19)17(9)14(16)20)12(18)10-2-1-5-21-10/h1-6,19H,(H2,16,20)/i12+2. The van der Waals surface area contributed by atoms with Gasteiger partial charge >= 0.3 is 6.03 Å². The highest BCUT2D eigenvalue weighted by molar-refractivity contribution is 7.12. The third-order valence-electron chi connectivity index (χ3n) is 3.10. The van der Waals surface area contributed by atoms with Crippen LogP contribution in [0.5, 0.6) is 5.88 Å². The van der Waals surface area contributed by atoms with Crippen molar-refractivity contribution in [3.05, 3.63) is 51.2 Å². The fourth-order valence-electron chi connectivity index (χ4n) is 2.23. The summed E-state index contributed by atoms with van der Waals surface area (Å²) in [5, 5.41) is 12.8. The second-order valence-electron chi connectivity index (χ2n) is 4.34. The first-order valence-corrected chi connectivity index (χ1v) is 7.17. The summed E-state index contributed by atoms with van der Waals surface area (Å²) in [6.45, 7) is 0. The monoisotopic (exact) mass is 322 g/mol. The Balaban J connectivity index is 2.36.